The highest BCUT2D eigenvalue weighted by Gasteiger charge is 2.28. The van der Waals surface area contributed by atoms with Gasteiger partial charge in [-0.15, -0.1) is 0 Å². The minimum atomic E-state index is -1.03. The Kier molecular flexibility index (Phi) is 3.91. The van der Waals surface area contributed by atoms with Gasteiger partial charge in [0.1, 0.15) is 0 Å². The van der Waals surface area contributed by atoms with Gasteiger partial charge in [0.15, 0.2) is 5.65 Å². The van der Waals surface area contributed by atoms with Crippen molar-refractivity contribution >= 4 is 22.9 Å². The summed E-state index contributed by atoms with van der Waals surface area (Å²) < 4.78 is 1.63. The fraction of sp³-hybridized carbons (Fsp3) is 0.467. The van der Waals surface area contributed by atoms with E-state index in [0.29, 0.717) is 28.0 Å². The van der Waals surface area contributed by atoms with Crippen LogP contribution in [0.5, 0.6) is 0 Å². The van der Waals surface area contributed by atoms with Gasteiger partial charge in [-0.2, -0.15) is 5.10 Å². The zero-order valence-electron chi connectivity index (χ0n) is 13.4. The summed E-state index contributed by atoms with van der Waals surface area (Å²) in [6, 6.07) is 1.69. The van der Waals surface area contributed by atoms with Crippen molar-refractivity contribution in [3.63, 3.8) is 0 Å². The molecule has 7 nitrogen and oxygen atoms in total. The van der Waals surface area contributed by atoms with Crippen LogP contribution in [0.4, 0.5) is 0 Å². The quantitative estimate of drug-likeness (QED) is 0.890. The Morgan fingerprint density at radius 2 is 2.00 bits per heavy atom. The van der Waals surface area contributed by atoms with Crippen molar-refractivity contribution in [1.29, 1.82) is 0 Å². The highest BCUT2D eigenvalue weighted by Crippen LogP contribution is 2.22. The van der Waals surface area contributed by atoms with Gasteiger partial charge in [-0.05, 0) is 33.8 Å². The molecule has 2 N–H and O–H groups in total. The molecular formula is C15H20N4O3. The number of carbonyl (C=O) groups is 2. The molecule has 0 atom stereocenters. The number of aromatic nitrogens is 3. The second-order valence-corrected chi connectivity index (χ2v) is 6.09. The van der Waals surface area contributed by atoms with Gasteiger partial charge in [0.05, 0.1) is 22.1 Å². The molecule has 2 aromatic rings. The standard InChI is InChI=1S/C15H20N4O3/c1-8-6-10(11-9(2)18-19(5)12(11)17-8)13(20)16-7-15(3,4)14(21)22/h6H,7H2,1-5H3,(H,16,20)(H,21,22). The van der Waals surface area contributed by atoms with Gasteiger partial charge < -0.3 is 10.4 Å². The Morgan fingerprint density at radius 3 is 2.59 bits per heavy atom. The van der Waals surface area contributed by atoms with Crippen molar-refractivity contribution in [2.75, 3.05) is 6.54 Å². The second kappa shape index (κ2) is 5.40. The zero-order chi connectivity index (χ0) is 16.7. The number of carboxylic acids is 1. The van der Waals surface area contributed by atoms with E-state index in [9.17, 15) is 9.59 Å². The molecule has 0 fully saturated rings. The number of nitrogens with one attached hydrogen (secondary N) is 1. The summed E-state index contributed by atoms with van der Waals surface area (Å²) in [7, 11) is 1.77. The zero-order valence-corrected chi connectivity index (χ0v) is 13.4. The van der Waals surface area contributed by atoms with Crippen molar-refractivity contribution in [2.45, 2.75) is 27.7 Å². The summed E-state index contributed by atoms with van der Waals surface area (Å²) in [5.41, 5.74) is 1.50. The molecule has 0 aromatic carbocycles. The first-order valence-electron chi connectivity index (χ1n) is 6.96. The van der Waals surface area contributed by atoms with Gasteiger partial charge >= 0.3 is 5.97 Å². The number of nitrogens with zero attached hydrogens (tertiary/aromatic N) is 3. The van der Waals surface area contributed by atoms with Crippen LogP contribution in [0.25, 0.3) is 11.0 Å². The molecule has 118 valence electrons. The fourth-order valence-electron chi connectivity index (χ4n) is 2.22. The number of carbonyl (C=O) groups excluding carboxylic acids is 1. The van der Waals surface area contributed by atoms with E-state index in [1.54, 1.807) is 38.6 Å². The number of pyridine rings is 1. The van der Waals surface area contributed by atoms with Crippen molar-refractivity contribution in [3.05, 3.63) is 23.0 Å². The third kappa shape index (κ3) is 2.79. The number of hydrogen-bond donors (Lipinski definition) is 2. The lowest BCUT2D eigenvalue weighted by atomic mass is 9.94. The third-order valence-electron chi connectivity index (χ3n) is 3.61. The molecule has 2 aromatic heterocycles. The summed E-state index contributed by atoms with van der Waals surface area (Å²) in [4.78, 5) is 28.0. The first-order valence-corrected chi connectivity index (χ1v) is 6.96. The topological polar surface area (TPSA) is 97.1 Å². The van der Waals surface area contributed by atoms with Crippen LogP contribution in [0.3, 0.4) is 0 Å². The first kappa shape index (κ1) is 15.9. The highest BCUT2D eigenvalue weighted by molar-refractivity contribution is 6.06. The van der Waals surface area contributed by atoms with E-state index >= 15 is 0 Å². The van der Waals surface area contributed by atoms with Gasteiger partial charge in [0.25, 0.3) is 5.91 Å². The van der Waals surface area contributed by atoms with Crippen LogP contribution in [0.2, 0.25) is 0 Å². The molecule has 0 aliphatic carbocycles. The summed E-state index contributed by atoms with van der Waals surface area (Å²) in [5.74, 6) is -1.28. The molecule has 1 amide bonds. The molecule has 0 aliphatic heterocycles. The Bertz CT molecular complexity index is 762. The van der Waals surface area contributed by atoms with Crippen LogP contribution < -0.4 is 5.32 Å². The first-order chi connectivity index (χ1) is 10.1. The van der Waals surface area contributed by atoms with Gasteiger partial charge in [-0.3, -0.25) is 14.3 Å². The second-order valence-electron chi connectivity index (χ2n) is 6.09. The highest BCUT2D eigenvalue weighted by atomic mass is 16.4. The smallest absolute Gasteiger partial charge is 0.310 e. The number of rotatable bonds is 4. The summed E-state index contributed by atoms with van der Waals surface area (Å²) >= 11 is 0. The van der Waals surface area contributed by atoms with Crippen LogP contribution in [-0.2, 0) is 11.8 Å². The van der Waals surface area contributed by atoms with Crippen molar-refractivity contribution in [2.24, 2.45) is 12.5 Å². The normalized spacial score (nSPS) is 11.7. The number of carboxylic acid groups (broad SMARTS) is 1. The molecule has 0 saturated heterocycles. The summed E-state index contributed by atoms with van der Waals surface area (Å²) in [5, 5.41) is 16.8. The monoisotopic (exact) mass is 304 g/mol. The van der Waals surface area contributed by atoms with Crippen molar-refractivity contribution in [3.8, 4) is 0 Å². The van der Waals surface area contributed by atoms with Gasteiger partial charge in [0, 0.05) is 19.3 Å². The van der Waals surface area contributed by atoms with E-state index in [1.807, 2.05) is 6.92 Å². The minimum absolute atomic E-state index is 0.0450. The van der Waals surface area contributed by atoms with Gasteiger partial charge in [-0.25, -0.2) is 4.98 Å². The predicted molar refractivity (Wildman–Crippen MR) is 81.7 cm³/mol. The number of fused-ring (bicyclic) bond motifs is 1. The number of aliphatic carboxylic acids is 1. The Morgan fingerprint density at radius 1 is 1.36 bits per heavy atom. The number of amides is 1. The maximum absolute atomic E-state index is 12.5. The lowest BCUT2D eigenvalue weighted by Crippen LogP contribution is -2.39. The van der Waals surface area contributed by atoms with Crippen LogP contribution in [0.15, 0.2) is 6.07 Å². The van der Waals surface area contributed by atoms with Gasteiger partial charge in [-0.1, -0.05) is 0 Å². The average molecular weight is 304 g/mol. The maximum atomic E-state index is 12.5. The molecule has 2 heterocycles. The van der Waals surface area contributed by atoms with Crippen molar-refractivity contribution < 1.29 is 14.7 Å². The van der Waals surface area contributed by atoms with E-state index in [-0.39, 0.29) is 12.5 Å². The SMILES string of the molecule is Cc1cc(C(=O)NCC(C)(C)C(=O)O)c2c(C)nn(C)c2n1. The Hall–Kier alpha value is -2.44. The molecule has 7 heteroatoms. The molecule has 0 aliphatic rings. The van der Waals surface area contributed by atoms with Crippen LogP contribution in [0.1, 0.15) is 35.6 Å². The van der Waals surface area contributed by atoms with E-state index in [0.717, 1.165) is 0 Å². The number of hydrogen-bond acceptors (Lipinski definition) is 4. The largest absolute Gasteiger partial charge is 0.481 e. The molecule has 0 bridgehead atoms. The molecule has 0 spiro atoms. The van der Waals surface area contributed by atoms with E-state index < -0.39 is 11.4 Å². The van der Waals surface area contributed by atoms with E-state index in [2.05, 4.69) is 15.4 Å². The van der Waals surface area contributed by atoms with Gasteiger partial charge in [0.2, 0.25) is 0 Å². The third-order valence-corrected chi connectivity index (χ3v) is 3.61. The molecule has 22 heavy (non-hydrogen) atoms. The van der Waals surface area contributed by atoms with Crippen LogP contribution in [0, 0.1) is 19.3 Å². The lowest BCUT2D eigenvalue weighted by Gasteiger charge is -2.19. The molecule has 0 unspecified atom stereocenters. The Labute approximate surface area is 128 Å². The fourth-order valence-corrected chi connectivity index (χ4v) is 2.22. The van der Waals surface area contributed by atoms with Crippen LogP contribution >= 0.6 is 0 Å². The molecular weight excluding hydrogens is 284 g/mol. The van der Waals surface area contributed by atoms with E-state index in [1.165, 1.54) is 0 Å². The summed E-state index contributed by atoms with van der Waals surface area (Å²) in [6.45, 7) is 6.80. The van der Waals surface area contributed by atoms with E-state index in [4.69, 9.17) is 5.11 Å². The molecule has 2 rings (SSSR count). The maximum Gasteiger partial charge on any atom is 0.310 e. The predicted octanol–water partition coefficient (Wildman–Crippen LogP) is 1.43. The van der Waals surface area contributed by atoms with Crippen molar-refractivity contribution in [1.82, 2.24) is 20.1 Å². The molecule has 0 radical (unpaired) electrons. The van der Waals surface area contributed by atoms with Crippen LogP contribution in [-0.4, -0.2) is 38.3 Å². The average Bonchev–Trinajstić information content (AvgIpc) is 2.70. The summed E-state index contributed by atoms with van der Waals surface area (Å²) in [6.07, 6.45) is 0. The lowest BCUT2D eigenvalue weighted by molar-refractivity contribution is -0.146. The molecule has 0 saturated carbocycles. The number of aryl methyl sites for hydroxylation is 3. The Balaban J connectivity index is 2.38. The minimum Gasteiger partial charge on any atom is -0.481 e.